The van der Waals surface area contributed by atoms with Crippen LogP contribution in [0, 0.1) is 0 Å². The van der Waals surface area contributed by atoms with Gasteiger partial charge in [-0.15, -0.1) is 0 Å². The molecule has 0 unspecified atom stereocenters. The first-order valence-corrected chi connectivity index (χ1v) is 7.48. The number of hydrogen-bond acceptors (Lipinski definition) is 3. The van der Waals surface area contributed by atoms with Crippen LogP contribution >= 0.6 is 15.9 Å². The average molecular weight is 348 g/mol. The van der Waals surface area contributed by atoms with Crippen LogP contribution < -0.4 is 9.47 Å². The molecule has 0 aliphatic heterocycles. The van der Waals surface area contributed by atoms with Gasteiger partial charge in [0.2, 0.25) is 0 Å². The maximum Gasteiger partial charge on any atom is 0.160 e. The molecule has 0 fully saturated rings. The van der Waals surface area contributed by atoms with E-state index < -0.39 is 0 Å². The molecule has 110 valence electrons. The zero-order valence-electron chi connectivity index (χ0n) is 12.2. The fourth-order valence-electron chi connectivity index (χ4n) is 1.95. The third kappa shape index (κ3) is 4.60. The number of methoxy groups -OCH3 is 2. The van der Waals surface area contributed by atoms with Gasteiger partial charge in [-0.3, -0.25) is 4.99 Å². The lowest BCUT2D eigenvalue weighted by Gasteiger charge is -2.08. The van der Waals surface area contributed by atoms with E-state index in [1.54, 1.807) is 14.2 Å². The number of aliphatic imine (C=N–C) groups is 1. The van der Waals surface area contributed by atoms with Crippen molar-refractivity contribution in [3.05, 3.63) is 58.1 Å². The van der Waals surface area contributed by atoms with Gasteiger partial charge >= 0.3 is 0 Å². The van der Waals surface area contributed by atoms with Crippen molar-refractivity contribution in [3.8, 4) is 11.5 Å². The molecule has 0 aliphatic rings. The standard InChI is InChI=1S/C17H18BrNO2/c1-20-16-8-5-13(11-17(16)21-2)9-10-19-12-14-3-6-15(18)7-4-14/h3-8,11-12H,9-10H2,1-2H3. The highest BCUT2D eigenvalue weighted by Crippen LogP contribution is 2.27. The average Bonchev–Trinajstić information content (AvgIpc) is 2.53. The Bertz CT molecular complexity index is 609. The summed E-state index contributed by atoms with van der Waals surface area (Å²) >= 11 is 3.42. The van der Waals surface area contributed by atoms with Gasteiger partial charge in [0.05, 0.1) is 14.2 Å². The summed E-state index contributed by atoms with van der Waals surface area (Å²) in [6, 6.07) is 14.0. The first-order chi connectivity index (χ1) is 10.2. The van der Waals surface area contributed by atoms with Gasteiger partial charge < -0.3 is 9.47 Å². The fourth-order valence-corrected chi connectivity index (χ4v) is 2.21. The summed E-state index contributed by atoms with van der Waals surface area (Å²) in [4.78, 5) is 4.45. The molecule has 0 aliphatic carbocycles. The van der Waals surface area contributed by atoms with Crippen LogP contribution in [0.5, 0.6) is 11.5 Å². The van der Waals surface area contributed by atoms with Gasteiger partial charge in [0.25, 0.3) is 0 Å². The summed E-state index contributed by atoms with van der Waals surface area (Å²) in [5, 5.41) is 0. The molecule has 0 radical (unpaired) electrons. The molecule has 0 atom stereocenters. The number of benzene rings is 2. The fraction of sp³-hybridized carbons (Fsp3) is 0.235. The van der Waals surface area contributed by atoms with Gasteiger partial charge in [0.15, 0.2) is 11.5 Å². The van der Waals surface area contributed by atoms with E-state index in [2.05, 4.69) is 20.9 Å². The molecule has 0 amide bonds. The zero-order valence-corrected chi connectivity index (χ0v) is 13.8. The van der Waals surface area contributed by atoms with Crippen LogP contribution in [0.25, 0.3) is 0 Å². The molecule has 0 saturated heterocycles. The van der Waals surface area contributed by atoms with Gasteiger partial charge in [0.1, 0.15) is 0 Å². The van der Waals surface area contributed by atoms with Gasteiger partial charge in [-0.05, 0) is 41.8 Å². The summed E-state index contributed by atoms with van der Waals surface area (Å²) < 4.78 is 11.6. The summed E-state index contributed by atoms with van der Waals surface area (Å²) in [7, 11) is 3.29. The molecule has 21 heavy (non-hydrogen) atoms. The summed E-state index contributed by atoms with van der Waals surface area (Å²) in [6.45, 7) is 0.742. The number of ether oxygens (including phenoxy) is 2. The third-order valence-electron chi connectivity index (χ3n) is 3.09. The highest BCUT2D eigenvalue weighted by molar-refractivity contribution is 9.10. The van der Waals surface area contributed by atoms with Crippen LogP contribution in [0.1, 0.15) is 11.1 Å². The van der Waals surface area contributed by atoms with Gasteiger partial charge in [0, 0.05) is 17.2 Å². The molecule has 4 heteroatoms. The van der Waals surface area contributed by atoms with E-state index in [1.807, 2.05) is 48.7 Å². The number of nitrogens with zero attached hydrogens (tertiary/aromatic N) is 1. The van der Waals surface area contributed by atoms with Crippen LogP contribution in [0.15, 0.2) is 51.9 Å². The lowest BCUT2D eigenvalue weighted by atomic mass is 10.1. The number of halogens is 1. The van der Waals surface area contributed by atoms with Crippen LogP contribution in [0.4, 0.5) is 0 Å². The minimum Gasteiger partial charge on any atom is -0.493 e. The third-order valence-corrected chi connectivity index (χ3v) is 3.62. The van der Waals surface area contributed by atoms with Crippen molar-refractivity contribution in [3.63, 3.8) is 0 Å². The number of hydrogen-bond donors (Lipinski definition) is 0. The normalized spacial score (nSPS) is 10.8. The van der Waals surface area contributed by atoms with Gasteiger partial charge in [-0.25, -0.2) is 0 Å². The molecule has 0 aromatic heterocycles. The molecule has 2 rings (SSSR count). The summed E-state index contributed by atoms with van der Waals surface area (Å²) in [5.41, 5.74) is 2.28. The molecule has 2 aromatic rings. The van der Waals surface area contributed by atoms with E-state index in [1.165, 1.54) is 5.56 Å². The first-order valence-electron chi connectivity index (χ1n) is 6.69. The largest absolute Gasteiger partial charge is 0.493 e. The minimum absolute atomic E-state index is 0.742. The zero-order chi connectivity index (χ0) is 15.1. The Morgan fingerprint density at radius 1 is 1.00 bits per heavy atom. The quantitative estimate of drug-likeness (QED) is 0.735. The van der Waals surface area contributed by atoms with Gasteiger partial charge in [-0.1, -0.05) is 34.1 Å². The summed E-state index contributed by atoms with van der Waals surface area (Å²) in [6.07, 6.45) is 2.76. The lowest BCUT2D eigenvalue weighted by Crippen LogP contribution is -1.95. The molecule has 0 spiro atoms. The first kappa shape index (κ1) is 15.6. The predicted octanol–water partition coefficient (Wildman–Crippen LogP) is 4.13. The van der Waals surface area contributed by atoms with E-state index >= 15 is 0 Å². The van der Waals surface area contributed by atoms with Crippen molar-refractivity contribution in [1.29, 1.82) is 0 Å². The number of rotatable bonds is 6. The highest BCUT2D eigenvalue weighted by Gasteiger charge is 2.03. The van der Waals surface area contributed by atoms with Crippen molar-refractivity contribution in [2.45, 2.75) is 6.42 Å². The van der Waals surface area contributed by atoms with E-state index in [0.717, 1.165) is 34.5 Å². The van der Waals surface area contributed by atoms with E-state index in [0.29, 0.717) is 0 Å². The maximum atomic E-state index is 5.30. The van der Waals surface area contributed by atoms with Crippen molar-refractivity contribution in [2.24, 2.45) is 4.99 Å². The van der Waals surface area contributed by atoms with Crippen LogP contribution in [-0.4, -0.2) is 27.0 Å². The molecule has 0 bridgehead atoms. The van der Waals surface area contributed by atoms with Gasteiger partial charge in [-0.2, -0.15) is 0 Å². The molecule has 2 aromatic carbocycles. The monoisotopic (exact) mass is 347 g/mol. The van der Waals surface area contributed by atoms with Crippen molar-refractivity contribution >= 4 is 22.1 Å². The lowest BCUT2D eigenvalue weighted by molar-refractivity contribution is 0.354. The SMILES string of the molecule is COc1ccc(CCN=Cc2ccc(Br)cc2)cc1OC. The molecular formula is C17H18BrNO2. The predicted molar refractivity (Wildman–Crippen MR) is 89.9 cm³/mol. The van der Waals surface area contributed by atoms with E-state index in [-0.39, 0.29) is 0 Å². The van der Waals surface area contributed by atoms with E-state index in [9.17, 15) is 0 Å². The highest BCUT2D eigenvalue weighted by atomic mass is 79.9. The Morgan fingerprint density at radius 3 is 2.38 bits per heavy atom. The Kier molecular flexibility index (Phi) is 5.81. The minimum atomic E-state index is 0.742. The van der Waals surface area contributed by atoms with Crippen molar-refractivity contribution < 1.29 is 9.47 Å². The second-order valence-corrected chi connectivity index (χ2v) is 5.44. The molecule has 3 nitrogen and oxygen atoms in total. The smallest absolute Gasteiger partial charge is 0.160 e. The van der Waals surface area contributed by atoms with Crippen molar-refractivity contribution in [1.82, 2.24) is 0 Å². The molecule has 0 saturated carbocycles. The second-order valence-electron chi connectivity index (χ2n) is 4.53. The maximum absolute atomic E-state index is 5.30. The van der Waals surface area contributed by atoms with Crippen LogP contribution in [0.2, 0.25) is 0 Å². The van der Waals surface area contributed by atoms with Crippen LogP contribution in [0.3, 0.4) is 0 Å². The molecular weight excluding hydrogens is 330 g/mol. The Balaban J connectivity index is 1.92. The Morgan fingerprint density at radius 2 is 1.71 bits per heavy atom. The summed E-state index contributed by atoms with van der Waals surface area (Å²) in [5.74, 6) is 1.51. The topological polar surface area (TPSA) is 30.8 Å². The second kappa shape index (κ2) is 7.84. The van der Waals surface area contributed by atoms with Crippen LogP contribution in [-0.2, 0) is 6.42 Å². The molecule has 0 heterocycles. The van der Waals surface area contributed by atoms with Crippen molar-refractivity contribution in [2.75, 3.05) is 20.8 Å². The van der Waals surface area contributed by atoms with E-state index in [4.69, 9.17) is 9.47 Å². The Labute approximate surface area is 133 Å². The molecule has 0 N–H and O–H groups in total. The Hall–Kier alpha value is -1.81.